The lowest BCUT2D eigenvalue weighted by molar-refractivity contribution is -0.145. The van der Waals surface area contributed by atoms with Crippen molar-refractivity contribution in [1.29, 1.82) is 0 Å². The first-order valence-corrected chi connectivity index (χ1v) is 12.6. The molecule has 0 spiro atoms. The van der Waals surface area contributed by atoms with E-state index in [0.717, 1.165) is 38.0 Å². The van der Waals surface area contributed by atoms with E-state index in [4.69, 9.17) is 21.1 Å². The number of hydrogen-bond donors (Lipinski definition) is 0. The van der Waals surface area contributed by atoms with Gasteiger partial charge in [0.25, 0.3) is 0 Å². The number of carbonyl (C=O) groups is 2. The summed E-state index contributed by atoms with van der Waals surface area (Å²) in [7, 11) is 0. The van der Waals surface area contributed by atoms with Crippen molar-refractivity contribution in [2.24, 2.45) is 0 Å². The lowest BCUT2D eigenvalue weighted by atomic mass is 10.1. The molecular formula is C24H45ClO4. The maximum Gasteiger partial charge on any atom is 0.305 e. The molecule has 0 aliphatic rings. The third-order valence-electron chi connectivity index (χ3n) is 5.06. The van der Waals surface area contributed by atoms with Crippen LogP contribution in [0.5, 0.6) is 0 Å². The predicted molar refractivity (Wildman–Crippen MR) is 121 cm³/mol. The van der Waals surface area contributed by atoms with Gasteiger partial charge in [0.05, 0.1) is 13.2 Å². The Morgan fingerprint density at radius 2 is 0.931 bits per heavy atom. The molecule has 0 saturated carbocycles. The third-order valence-corrected chi connectivity index (χ3v) is 5.33. The number of alkyl halides is 1. The van der Waals surface area contributed by atoms with E-state index in [0.29, 0.717) is 32.5 Å². The van der Waals surface area contributed by atoms with E-state index < -0.39 is 0 Å². The van der Waals surface area contributed by atoms with Gasteiger partial charge in [-0.25, -0.2) is 0 Å². The first-order valence-electron chi connectivity index (χ1n) is 12.1. The second-order valence-electron chi connectivity index (χ2n) is 7.93. The van der Waals surface area contributed by atoms with Crippen LogP contribution in [0.2, 0.25) is 0 Å². The Balaban J connectivity index is 3.30. The van der Waals surface area contributed by atoms with Gasteiger partial charge in [0.15, 0.2) is 0 Å². The molecule has 0 radical (unpaired) electrons. The van der Waals surface area contributed by atoms with E-state index >= 15 is 0 Å². The summed E-state index contributed by atoms with van der Waals surface area (Å²) in [6.45, 7) is 3.21. The van der Waals surface area contributed by atoms with E-state index in [-0.39, 0.29) is 11.9 Å². The summed E-state index contributed by atoms with van der Waals surface area (Å²) in [6.07, 6.45) is 18.9. The molecule has 0 rings (SSSR count). The average molecular weight is 433 g/mol. The third kappa shape index (κ3) is 23.4. The summed E-state index contributed by atoms with van der Waals surface area (Å²) in [4.78, 5) is 23.3. The lowest BCUT2D eigenvalue weighted by Gasteiger charge is -2.06. The predicted octanol–water partition coefficient (Wildman–Crippen LogP) is 7.35. The van der Waals surface area contributed by atoms with E-state index in [1.165, 1.54) is 64.2 Å². The fraction of sp³-hybridized carbons (Fsp3) is 0.917. The largest absolute Gasteiger partial charge is 0.466 e. The van der Waals surface area contributed by atoms with Gasteiger partial charge in [-0.3, -0.25) is 9.59 Å². The van der Waals surface area contributed by atoms with Crippen molar-refractivity contribution in [2.45, 2.75) is 122 Å². The molecule has 0 atom stereocenters. The zero-order valence-corrected chi connectivity index (χ0v) is 19.6. The summed E-state index contributed by atoms with van der Waals surface area (Å²) in [5.74, 6) is 0.368. The quantitative estimate of drug-likeness (QED) is 0.102. The minimum absolute atomic E-state index is 0.199. The van der Waals surface area contributed by atoms with Crippen LogP contribution in [0.4, 0.5) is 0 Å². The highest BCUT2D eigenvalue weighted by Gasteiger charge is 2.07. The van der Waals surface area contributed by atoms with Crippen LogP contribution >= 0.6 is 11.6 Å². The first kappa shape index (κ1) is 28.2. The molecule has 4 nitrogen and oxygen atoms in total. The van der Waals surface area contributed by atoms with Gasteiger partial charge < -0.3 is 9.47 Å². The first-order chi connectivity index (χ1) is 14.2. The molecule has 0 aliphatic carbocycles. The second-order valence-corrected chi connectivity index (χ2v) is 8.31. The Morgan fingerprint density at radius 1 is 0.552 bits per heavy atom. The van der Waals surface area contributed by atoms with Crippen molar-refractivity contribution in [2.75, 3.05) is 19.1 Å². The van der Waals surface area contributed by atoms with Crippen LogP contribution in [0.1, 0.15) is 122 Å². The monoisotopic (exact) mass is 432 g/mol. The zero-order chi connectivity index (χ0) is 21.4. The number of carbonyl (C=O) groups excluding carboxylic acids is 2. The minimum Gasteiger partial charge on any atom is -0.466 e. The molecule has 0 aromatic rings. The highest BCUT2D eigenvalue weighted by atomic mass is 35.5. The number of halogens is 1. The van der Waals surface area contributed by atoms with Gasteiger partial charge in [0.2, 0.25) is 0 Å². The van der Waals surface area contributed by atoms with Crippen LogP contribution < -0.4 is 0 Å². The number of hydrogen-bond acceptors (Lipinski definition) is 4. The Hall–Kier alpha value is -0.770. The van der Waals surface area contributed by atoms with Crippen molar-refractivity contribution < 1.29 is 19.1 Å². The number of ether oxygens (including phenoxy) is 2. The summed E-state index contributed by atoms with van der Waals surface area (Å²) < 4.78 is 10.5. The van der Waals surface area contributed by atoms with E-state index in [1.807, 2.05) is 0 Å². The number of esters is 2. The molecule has 0 fully saturated rings. The zero-order valence-electron chi connectivity index (χ0n) is 18.9. The molecule has 0 saturated heterocycles. The Labute approximate surface area is 184 Å². The van der Waals surface area contributed by atoms with E-state index in [9.17, 15) is 9.59 Å². The van der Waals surface area contributed by atoms with Crippen molar-refractivity contribution in [3.8, 4) is 0 Å². The van der Waals surface area contributed by atoms with Crippen molar-refractivity contribution in [3.63, 3.8) is 0 Å². The highest BCUT2D eigenvalue weighted by molar-refractivity contribution is 6.17. The summed E-state index contributed by atoms with van der Waals surface area (Å²) in [5.41, 5.74) is 0. The SMILES string of the molecule is CCCCCCCCCOC(=O)CCCC(=O)OCCCCCCCCCCCl. The standard InChI is InChI=1S/C24H45ClO4/c1-2-3-4-5-9-12-15-21-28-23(26)18-17-19-24(27)29-22-16-13-10-7-6-8-11-14-20-25/h2-22H2,1H3. The molecule has 29 heavy (non-hydrogen) atoms. The minimum atomic E-state index is -0.203. The molecule has 0 unspecified atom stereocenters. The van der Waals surface area contributed by atoms with Gasteiger partial charge in [0.1, 0.15) is 0 Å². The van der Waals surface area contributed by atoms with Gasteiger partial charge in [-0.2, -0.15) is 0 Å². The molecular weight excluding hydrogens is 388 g/mol. The number of unbranched alkanes of at least 4 members (excludes halogenated alkanes) is 13. The molecule has 0 aromatic carbocycles. The van der Waals surface area contributed by atoms with Crippen LogP contribution in [-0.4, -0.2) is 31.0 Å². The fourth-order valence-corrected chi connectivity index (χ4v) is 3.40. The normalized spacial score (nSPS) is 10.8. The molecule has 0 aliphatic heterocycles. The summed E-state index contributed by atoms with van der Waals surface area (Å²) in [6, 6.07) is 0. The molecule has 0 amide bonds. The molecule has 0 N–H and O–H groups in total. The summed E-state index contributed by atoms with van der Waals surface area (Å²) in [5, 5.41) is 0. The Morgan fingerprint density at radius 3 is 1.34 bits per heavy atom. The molecule has 5 heteroatoms. The van der Waals surface area contributed by atoms with Crippen molar-refractivity contribution >= 4 is 23.5 Å². The molecule has 0 heterocycles. The van der Waals surface area contributed by atoms with Crippen LogP contribution in [0, 0.1) is 0 Å². The second kappa shape index (κ2) is 23.5. The van der Waals surface area contributed by atoms with Gasteiger partial charge in [-0.15, -0.1) is 11.6 Å². The number of rotatable bonds is 22. The summed E-state index contributed by atoms with van der Waals surface area (Å²) >= 11 is 5.65. The van der Waals surface area contributed by atoms with Crippen molar-refractivity contribution in [1.82, 2.24) is 0 Å². The van der Waals surface area contributed by atoms with Crippen molar-refractivity contribution in [3.05, 3.63) is 0 Å². The van der Waals surface area contributed by atoms with Gasteiger partial charge in [-0.05, 0) is 25.7 Å². The smallest absolute Gasteiger partial charge is 0.305 e. The van der Waals surface area contributed by atoms with Gasteiger partial charge >= 0.3 is 11.9 Å². The van der Waals surface area contributed by atoms with Crippen LogP contribution in [0.25, 0.3) is 0 Å². The lowest BCUT2D eigenvalue weighted by Crippen LogP contribution is -2.09. The average Bonchev–Trinajstić information content (AvgIpc) is 2.71. The molecule has 0 bridgehead atoms. The molecule has 172 valence electrons. The fourth-order valence-electron chi connectivity index (χ4n) is 3.21. The van der Waals surface area contributed by atoms with E-state index in [1.54, 1.807) is 0 Å². The Bertz CT molecular complexity index is 374. The Kier molecular flexibility index (Phi) is 22.9. The highest BCUT2D eigenvalue weighted by Crippen LogP contribution is 2.10. The van der Waals surface area contributed by atoms with Crippen LogP contribution in [0.3, 0.4) is 0 Å². The van der Waals surface area contributed by atoms with Crippen LogP contribution in [-0.2, 0) is 19.1 Å². The van der Waals surface area contributed by atoms with Crippen LogP contribution in [0.15, 0.2) is 0 Å². The van der Waals surface area contributed by atoms with E-state index in [2.05, 4.69) is 6.92 Å². The maximum atomic E-state index is 11.7. The van der Waals surface area contributed by atoms with Gasteiger partial charge in [-0.1, -0.05) is 84.0 Å². The maximum absolute atomic E-state index is 11.7. The van der Waals surface area contributed by atoms with Gasteiger partial charge in [0, 0.05) is 18.7 Å². The molecule has 0 aromatic heterocycles. The topological polar surface area (TPSA) is 52.6 Å².